The molecule has 1 aromatic rings. The van der Waals surface area contributed by atoms with E-state index in [2.05, 4.69) is 12.1 Å². The fourth-order valence-corrected chi connectivity index (χ4v) is 3.45. The Balaban J connectivity index is 1.72. The Kier molecular flexibility index (Phi) is 5.13. The largest absolute Gasteiger partial charge is 0.376 e. The third-order valence-corrected chi connectivity index (χ3v) is 4.63. The number of carbonyl (C=O) groups excluding carboxylic acids is 1. The first-order chi connectivity index (χ1) is 10.8. The summed E-state index contributed by atoms with van der Waals surface area (Å²) in [6.45, 7) is 4.34. The molecule has 0 spiro atoms. The molecule has 1 atom stereocenters. The molecule has 3 rings (SSSR count). The highest BCUT2D eigenvalue weighted by Gasteiger charge is 2.29. The van der Waals surface area contributed by atoms with E-state index in [0.717, 1.165) is 69.4 Å². The van der Waals surface area contributed by atoms with E-state index in [4.69, 9.17) is 9.26 Å². The molecule has 1 aliphatic carbocycles. The monoisotopic (exact) mass is 306 g/mol. The van der Waals surface area contributed by atoms with Crippen LogP contribution in [0.2, 0.25) is 0 Å². The summed E-state index contributed by atoms with van der Waals surface area (Å²) in [4.78, 5) is 14.8. The Morgan fingerprint density at radius 1 is 1.27 bits per heavy atom. The van der Waals surface area contributed by atoms with Gasteiger partial charge in [0.2, 0.25) is 0 Å². The van der Waals surface area contributed by atoms with Crippen LogP contribution in [0.5, 0.6) is 0 Å². The Morgan fingerprint density at radius 3 is 2.91 bits per heavy atom. The van der Waals surface area contributed by atoms with Crippen molar-refractivity contribution in [3.8, 4) is 0 Å². The van der Waals surface area contributed by atoms with E-state index in [0.29, 0.717) is 12.2 Å². The Morgan fingerprint density at radius 2 is 2.14 bits per heavy atom. The van der Waals surface area contributed by atoms with Crippen LogP contribution < -0.4 is 0 Å². The molecule has 0 N–H and O–H groups in total. The molecule has 2 aliphatic rings. The van der Waals surface area contributed by atoms with Crippen molar-refractivity contribution in [3.05, 3.63) is 17.0 Å². The van der Waals surface area contributed by atoms with Crippen LogP contribution in [0.15, 0.2) is 4.52 Å². The van der Waals surface area contributed by atoms with Gasteiger partial charge in [-0.1, -0.05) is 12.1 Å². The molecule has 5 heteroatoms. The number of ether oxygens (including phenoxy) is 1. The number of rotatable bonds is 5. The number of hydrogen-bond donors (Lipinski definition) is 0. The lowest BCUT2D eigenvalue weighted by Gasteiger charge is -2.29. The van der Waals surface area contributed by atoms with Gasteiger partial charge in [-0.25, -0.2) is 0 Å². The average molecular weight is 306 g/mol. The highest BCUT2D eigenvalue weighted by molar-refractivity contribution is 5.94. The molecule has 1 unspecified atom stereocenters. The molecule has 5 nitrogen and oxygen atoms in total. The maximum atomic E-state index is 12.9. The van der Waals surface area contributed by atoms with Crippen molar-refractivity contribution in [1.29, 1.82) is 0 Å². The number of nitrogens with zero attached hydrogens (tertiary/aromatic N) is 2. The van der Waals surface area contributed by atoms with Gasteiger partial charge in [-0.2, -0.15) is 0 Å². The molecule has 0 aromatic carbocycles. The first-order valence-corrected chi connectivity index (χ1v) is 8.68. The van der Waals surface area contributed by atoms with E-state index in [-0.39, 0.29) is 12.0 Å². The van der Waals surface area contributed by atoms with Crippen molar-refractivity contribution in [2.75, 3.05) is 19.7 Å². The molecule has 1 aliphatic heterocycles. The predicted molar refractivity (Wildman–Crippen MR) is 82.9 cm³/mol. The second-order valence-corrected chi connectivity index (χ2v) is 6.38. The van der Waals surface area contributed by atoms with Gasteiger partial charge < -0.3 is 14.2 Å². The summed E-state index contributed by atoms with van der Waals surface area (Å²) < 4.78 is 11.2. The van der Waals surface area contributed by atoms with Crippen LogP contribution in [0.3, 0.4) is 0 Å². The quantitative estimate of drug-likeness (QED) is 0.839. The Labute approximate surface area is 132 Å². The molecular formula is C17H26N2O3. The fourth-order valence-electron chi connectivity index (χ4n) is 3.45. The molecule has 1 fully saturated rings. The smallest absolute Gasteiger partial charge is 0.276 e. The van der Waals surface area contributed by atoms with E-state index in [1.807, 2.05) is 4.90 Å². The van der Waals surface area contributed by atoms with Crippen LogP contribution in [-0.2, 0) is 17.6 Å². The van der Waals surface area contributed by atoms with Crippen molar-refractivity contribution in [1.82, 2.24) is 10.1 Å². The van der Waals surface area contributed by atoms with Gasteiger partial charge in [0, 0.05) is 31.7 Å². The number of fused-ring (bicyclic) bond motifs is 1. The SMILES string of the molecule is CCCN(CC1CCCCO1)C(=O)c1noc2c1CCCC2. The molecular weight excluding hydrogens is 280 g/mol. The third-order valence-electron chi connectivity index (χ3n) is 4.63. The maximum absolute atomic E-state index is 12.9. The molecule has 1 amide bonds. The minimum atomic E-state index is 0.0166. The molecule has 0 saturated carbocycles. The lowest BCUT2D eigenvalue weighted by molar-refractivity contribution is -0.00405. The summed E-state index contributed by atoms with van der Waals surface area (Å²) in [5.74, 6) is 0.933. The number of amides is 1. The molecule has 122 valence electrons. The zero-order valence-electron chi connectivity index (χ0n) is 13.5. The Hall–Kier alpha value is -1.36. The van der Waals surface area contributed by atoms with Crippen LogP contribution >= 0.6 is 0 Å². The number of aryl methyl sites for hydroxylation is 1. The first kappa shape index (κ1) is 15.5. The molecule has 0 bridgehead atoms. The predicted octanol–water partition coefficient (Wildman–Crippen LogP) is 2.97. The van der Waals surface area contributed by atoms with Crippen LogP contribution in [0, 0.1) is 0 Å². The maximum Gasteiger partial charge on any atom is 0.276 e. The van der Waals surface area contributed by atoms with Crippen LogP contribution in [0.1, 0.15) is 67.3 Å². The van der Waals surface area contributed by atoms with Gasteiger partial charge in [-0.3, -0.25) is 4.79 Å². The molecule has 0 radical (unpaired) electrons. The third kappa shape index (κ3) is 3.35. The minimum absolute atomic E-state index is 0.0166. The van der Waals surface area contributed by atoms with Crippen molar-refractivity contribution in [2.24, 2.45) is 0 Å². The molecule has 2 heterocycles. The topological polar surface area (TPSA) is 55.6 Å². The lowest BCUT2D eigenvalue weighted by atomic mass is 9.96. The number of hydrogen-bond acceptors (Lipinski definition) is 4. The number of carbonyl (C=O) groups is 1. The molecule has 1 saturated heterocycles. The molecule has 1 aromatic heterocycles. The van der Waals surface area contributed by atoms with Gasteiger partial charge in [0.25, 0.3) is 5.91 Å². The van der Waals surface area contributed by atoms with Crippen LogP contribution in [-0.4, -0.2) is 41.8 Å². The summed E-state index contributed by atoms with van der Waals surface area (Å²) >= 11 is 0. The summed E-state index contributed by atoms with van der Waals surface area (Å²) in [6.07, 6.45) is 8.57. The summed E-state index contributed by atoms with van der Waals surface area (Å²) in [5, 5.41) is 4.09. The van der Waals surface area contributed by atoms with Gasteiger partial charge in [0.05, 0.1) is 6.10 Å². The van der Waals surface area contributed by atoms with Gasteiger partial charge in [-0.05, 0) is 44.9 Å². The lowest BCUT2D eigenvalue weighted by Crippen LogP contribution is -2.40. The van der Waals surface area contributed by atoms with Crippen LogP contribution in [0.4, 0.5) is 0 Å². The van der Waals surface area contributed by atoms with Gasteiger partial charge in [0.15, 0.2) is 5.69 Å². The minimum Gasteiger partial charge on any atom is -0.376 e. The normalized spacial score (nSPS) is 21.4. The number of aromatic nitrogens is 1. The second-order valence-electron chi connectivity index (χ2n) is 6.38. The van der Waals surface area contributed by atoms with Gasteiger partial charge >= 0.3 is 0 Å². The van der Waals surface area contributed by atoms with Gasteiger partial charge in [-0.15, -0.1) is 0 Å². The highest BCUT2D eigenvalue weighted by Crippen LogP contribution is 2.25. The standard InChI is InChI=1S/C17H26N2O3/c1-2-10-19(12-13-7-5-6-11-21-13)17(20)16-14-8-3-4-9-15(14)22-18-16/h13H,2-12H2,1H3. The van der Waals surface area contributed by atoms with Crippen molar-refractivity contribution in [2.45, 2.75) is 64.4 Å². The molecule has 22 heavy (non-hydrogen) atoms. The van der Waals surface area contributed by atoms with E-state index in [1.165, 1.54) is 6.42 Å². The van der Waals surface area contributed by atoms with E-state index >= 15 is 0 Å². The van der Waals surface area contributed by atoms with E-state index in [1.54, 1.807) is 0 Å². The zero-order valence-corrected chi connectivity index (χ0v) is 13.5. The van der Waals surface area contributed by atoms with E-state index in [9.17, 15) is 4.79 Å². The first-order valence-electron chi connectivity index (χ1n) is 8.68. The van der Waals surface area contributed by atoms with Gasteiger partial charge in [0.1, 0.15) is 5.76 Å². The highest BCUT2D eigenvalue weighted by atomic mass is 16.5. The van der Waals surface area contributed by atoms with Crippen molar-refractivity contribution < 1.29 is 14.1 Å². The zero-order chi connectivity index (χ0) is 15.4. The summed E-state index contributed by atoms with van der Waals surface area (Å²) in [6, 6.07) is 0. The second kappa shape index (κ2) is 7.27. The van der Waals surface area contributed by atoms with Crippen molar-refractivity contribution in [3.63, 3.8) is 0 Å². The summed E-state index contributed by atoms with van der Waals surface area (Å²) in [5.41, 5.74) is 1.58. The van der Waals surface area contributed by atoms with Crippen LogP contribution in [0.25, 0.3) is 0 Å². The summed E-state index contributed by atoms with van der Waals surface area (Å²) in [7, 11) is 0. The van der Waals surface area contributed by atoms with E-state index < -0.39 is 0 Å². The fraction of sp³-hybridized carbons (Fsp3) is 0.765. The Bertz CT molecular complexity index is 506. The average Bonchev–Trinajstić information content (AvgIpc) is 2.99. The van der Waals surface area contributed by atoms with Crippen molar-refractivity contribution >= 4 is 5.91 Å².